The Balaban J connectivity index is 1.03. The molecular weight excluding hydrogens is 743 g/mol. The van der Waals surface area contributed by atoms with Gasteiger partial charge in [0.2, 0.25) is 0 Å². The summed E-state index contributed by atoms with van der Waals surface area (Å²) < 4.78 is 2.61. The van der Waals surface area contributed by atoms with Gasteiger partial charge in [-0.25, -0.2) is 0 Å². The number of anilines is 3. The fourth-order valence-electron chi connectivity index (χ4n) is 9.42. The van der Waals surface area contributed by atoms with E-state index in [9.17, 15) is 0 Å². The van der Waals surface area contributed by atoms with Crippen molar-refractivity contribution in [1.82, 2.24) is 0 Å². The van der Waals surface area contributed by atoms with Crippen molar-refractivity contribution in [3.63, 3.8) is 0 Å². The number of rotatable bonds is 6. The van der Waals surface area contributed by atoms with Gasteiger partial charge in [-0.1, -0.05) is 170 Å². The van der Waals surface area contributed by atoms with Crippen molar-refractivity contribution in [2.24, 2.45) is 0 Å². The third kappa shape index (κ3) is 5.68. The first kappa shape index (κ1) is 34.5. The van der Waals surface area contributed by atoms with E-state index in [4.69, 9.17) is 0 Å². The molecule has 0 fully saturated rings. The van der Waals surface area contributed by atoms with Gasteiger partial charge in [0.05, 0.1) is 0 Å². The number of fused-ring (bicyclic) bond motifs is 9. The highest BCUT2D eigenvalue weighted by atomic mass is 32.1. The molecule has 12 rings (SSSR count). The Hall–Kier alpha value is -7.52. The van der Waals surface area contributed by atoms with E-state index in [1.54, 1.807) is 0 Å². The van der Waals surface area contributed by atoms with Crippen molar-refractivity contribution in [3.8, 4) is 33.4 Å². The number of thiophene rings is 1. The normalized spacial score (nSPS) is 11.7. The summed E-state index contributed by atoms with van der Waals surface area (Å²) in [6.07, 6.45) is 0. The van der Waals surface area contributed by atoms with Crippen molar-refractivity contribution in [2.75, 3.05) is 4.90 Å². The quantitative estimate of drug-likeness (QED) is 0.152. The average Bonchev–Trinajstić information content (AvgIpc) is 3.70. The Labute approximate surface area is 352 Å². The Kier molecular flexibility index (Phi) is 8.11. The SMILES string of the molecule is c1ccc(-c2c(-c3ccccc3)c3cc(-c4ccc(N(c5ccc6c(ccc7ccccc76)c5)c5ccc6sc7ccccc7c6c5)cc4)ccc3c3ccccc23)cc1. The summed E-state index contributed by atoms with van der Waals surface area (Å²) in [4.78, 5) is 2.41. The second-order valence-electron chi connectivity index (χ2n) is 15.6. The van der Waals surface area contributed by atoms with Gasteiger partial charge in [-0.15, -0.1) is 11.3 Å². The molecule has 0 N–H and O–H groups in total. The lowest BCUT2D eigenvalue weighted by molar-refractivity contribution is 1.30. The van der Waals surface area contributed by atoms with Crippen LogP contribution in [-0.4, -0.2) is 0 Å². The third-order valence-electron chi connectivity index (χ3n) is 12.2. The Bertz CT molecular complexity index is 3590. The zero-order valence-corrected chi connectivity index (χ0v) is 33.5. The first-order chi connectivity index (χ1) is 29.7. The van der Waals surface area contributed by atoms with Gasteiger partial charge in [0.15, 0.2) is 0 Å². The zero-order valence-electron chi connectivity index (χ0n) is 32.7. The predicted octanol–water partition coefficient (Wildman–Crippen LogP) is 17.1. The maximum atomic E-state index is 2.41. The highest BCUT2D eigenvalue weighted by Crippen LogP contribution is 2.46. The number of benzene rings is 11. The molecule has 2 heteroatoms. The lowest BCUT2D eigenvalue weighted by Crippen LogP contribution is -2.09. The second-order valence-corrected chi connectivity index (χ2v) is 16.7. The van der Waals surface area contributed by atoms with Gasteiger partial charge < -0.3 is 4.90 Å². The molecule has 1 heterocycles. The summed E-state index contributed by atoms with van der Waals surface area (Å²) in [5.41, 5.74) is 10.7. The van der Waals surface area contributed by atoms with E-state index in [2.05, 4.69) is 229 Å². The van der Waals surface area contributed by atoms with Gasteiger partial charge in [0.1, 0.15) is 0 Å². The van der Waals surface area contributed by atoms with Crippen LogP contribution in [0.4, 0.5) is 17.1 Å². The van der Waals surface area contributed by atoms with E-state index in [1.165, 1.54) is 96.6 Å². The fraction of sp³-hybridized carbons (Fsp3) is 0. The number of hydrogen-bond acceptors (Lipinski definition) is 2. The van der Waals surface area contributed by atoms with Crippen molar-refractivity contribution < 1.29 is 0 Å². The average molecular weight is 780 g/mol. The minimum atomic E-state index is 1.11. The van der Waals surface area contributed by atoms with Crippen LogP contribution in [0.15, 0.2) is 224 Å². The van der Waals surface area contributed by atoms with Crippen LogP contribution in [0.3, 0.4) is 0 Å². The molecule has 12 aromatic rings. The van der Waals surface area contributed by atoms with Crippen LogP contribution in [0, 0.1) is 0 Å². The predicted molar refractivity (Wildman–Crippen MR) is 260 cm³/mol. The van der Waals surface area contributed by atoms with Gasteiger partial charge in [-0.05, 0) is 131 Å². The highest BCUT2D eigenvalue weighted by molar-refractivity contribution is 7.25. The summed E-state index contributed by atoms with van der Waals surface area (Å²) >= 11 is 1.86. The van der Waals surface area contributed by atoms with Crippen LogP contribution < -0.4 is 4.90 Å². The summed E-state index contributed by atoms with van der Waals surface area (Å²) in [5, 5.41) is 12.7. The number of nitrogens with zero attached hydrogens (tertiary/aromatic N) is 1. The van der Waals surface area contributed by atoms with E-state index in [-0.39, 0.29) is 0 Å². The molecule has 0 aliphatic rings. The van der Waals surface area contributed by atoms with Gasteiger partial charge in [0, 0.05) is 37.2 Å². The fourth-order valence-corrected chi connectivity index (χ4v) is 10.5. The molecular formula is C58H37NS. The standard InChI is InChI=1S/C58H37NS/c1-3-14-40(15-4-1)57-52-21-10-9-19-49(52)50-32-27-42(36-54(50)58(57)41-16-5-2-6-17-41)38-25-28-44(29-26-38)59(46-31-34-56-53(37-46)51-20-11-12-22-55(51)60-56)45-30-33-48-43(35-45)24-23-39-13-7-8-18-47(39)48/h1-37H. The van der Waals surface area contributed by atoms with Crippen LogP contribution in [0.5, 0.6) is 0 Å². The molecule has 0 aliphatic heterocycles. The smallest absolute Gasteiger partial charge is 0.0468 e. The molecule has 280 valence electrons. The molecule has 0 aliphatic carbocycles. The molecule has 0 radical (unpaired) electrons. The van der Waals surface area contributed by atoms with Crippen LogP contribution in [-0.2, 0) is 0 Å². The minimum absolute atomic E-state index is 1.11. The molecule has 11 aromatic carbocycles. The maximum Gasteiger partial charge on any atom is 0.0468 e. The summed E-state index contributed by atoms with van der Waals surface area (Å²) in [6.45, 7) is 0. The molecule has 0 atom stereocenters. The van der Waals surface area contributed by atoms with Gasteiger partial charge in [0.25, 0.3) is 0 Å². The first-order valence-electron chi connectivity index (χ1n) is 20.6. The van der Waals surface area contributed by atoms with Crippen LogP contribution in [0.2, 0.25) is 0 Å². The molecule has 60 heavy (non-hydrogen) atoms. The van der Waals surface area contributed by atoms with Crippen molar-refractivity contribution in [2.45, 2.75) is 0 Å². The van der Waals surface area contributed by atoms with Crippen molar-refractivity contribution in [1.29, 1.82) is 0 Å². The van der Waals surface area contributed by atoms with Crippen molar-refractivity contribution >= 4 is 91.7 Å². The molecule has 1 aromatic heterocycles. The zero-order chi connectivity index (χ0) is 39.6. The Morgan fingerprint density at radius 2 is 0.767 bits per heavy atom. The Morgan fingerprint density at radius 1 is 0.250 bits per heavy atom. The summed E-state index contributed by atoms with van der Waals surface area (Å²) in [6, 6.07) is 82.6. The molecule has 0 unspecified atom stereocenters. The van der Waals surface area contributed by atoms with Crippen molar-refractivity contribution in [3.05, 3.63) is 224 Å². The number of hydrogen-bond donors (Lipinski definition) is 0. The molecule has 0 bridgehead atoms. The van der Waals surface area contributed by atoms with Gasteiger partial charge in [-0.3, -0.25) is 0 Å². The molecule has 0 spiro atoms. The maximum absolute atomic E-state index is 2.41. The first-order valence-corrected chi connectivity index (χ1v) is 21.4. The van der Waals surface area contributed by atoms with Crippen LogP contribution >= 0.6 is 11.3 Å². The molecule has 0 saturated heterocycles. The second kappa shape index (κ2) is 14.1. The molecule has 0 amide bonds. The van der Waals surface area contributed by atoms with E-state index in [1.807, 2.05) is 11.3 Å². The third-order valence-corrected chi connectivity index (χ3v) is 13.4. The largest absolute Gasteiger partial charge is 0.310 e. The lowest BCUT2D eigenvalue weighted by Gasteiger charge is -2.26. The topological polar surface area (TPSA) is 3.24 Å². The summed E-state index contributed by atoms with van der Waals surface area (Å²) in [7, 11) is 0. The lowest BCUT2D eigenvalue weighted by atomic mass is 9.84. The molecule has 1 nitrogen and oxygen atoms in total. The van der Waals surface area contributed by atoms with Crippen LogP contribution in [0.1, 0.15) is 0 Å². The monoisotopic (exact) mass is 779 g/mol. The minimum Gasteiger partial charge on any atom is -0.310 e. The van der Waals surface area contributed by atoms with Gasteiger partial charge in [-0.2, -0.15) is 0 Å². The van der Waals surface area contributed by atoms with Gasteiger partial charge >= 0.3 is 0 Å². The Morgan fingerprint density at radius 3 is 1.55 bits per heavy atom. The highest BCUT2D eigenvalue weighted by Gasteiger charge is 2.20. The van der Waals surface area contributed by atoms with Crippen LogP contribution in [0.25, 0.3) is 96.6 Å². The van der Waals surface area contributed by atoms with E-state index < -0.39 is 0 Å². The van der Waals surface area contributed by atoms with E-state index in [0.29, 0.717) is 0 Å². The summed E-state index contributed by atoms with van der Waals surface area (Å²) in [5.74, 6) is 0. The molecule has 0 saturated carbocycles. The van der Waals surface area contributed by atoms with E-state index >= 15 is 0 Å². The van der Waals surface area contributed by atoms with E-state index in [0.717, 1.165) is 17.1 Å².